The van der Waals surface area contributed by atoms with E-state index in [2.05, 4.69) is 0 Å². The molecule has 0 saturated carbocycles. The highest BCUT2D eigenvalue weighted by Crippen LogP contribution is 2.14. The Morgan fingerprint density at radius 3 is 2.75 bits per heavy atom. The van der Waals surface area contributed by atoms with E-state index < -0.39 is 5.97 Å². The zero-order valence-corrected chi connectivity index (χ0v) is 8.41. The molecule has 64 valence electrons. The van der Waals surface area contributed by atoms with Gasteiger partial charge in [0.2, 0.25) is 0 Å². The Labute approximate surface area is 83.7 Å². The van der Waals surface area contributed by atoms with Crippen LogP contribution in [0.3, 0.4) is 0 Å². The fourth-order valence-corrected chi connectivity index (χ4v) is 1.43. The number of benzene rings is 1. The predicted octanol–water partition coefficient (Wildman–Crippen LogP) is 1.45. The van der Waals surface area contributed by atoms with Crippen molar-refractivity contribution >= 4 is 28.6 Å². The molecule has 0 fully saturated rings. The molecule has 12 heavy (non-hydrogen) atoms. The van der Waals surface area contributed by atoms with E-state index in [0.717, 1.165) is 9.13 Å². The van der Waals surface area contributed by atoms with E-state index in [1.54, 1.807) is 12.1 Å². The summed E-state index contributed by atoms with van der Waals surface area (Å²) in [5, 5.41) is 8.74. The monoisotopic (exact) mass is 277 g/mol. The number of carboxylic acid groups (broad SMARTS) is 1. The number of carbonyl (C=O) groups is 1. The van der Waals surface area contributed by atoms with Gasteiger partial charge in [-0.1, -0.05) is 6.07 Å². The van der Waals surface area contributed by atoms with Gasteiger partial charge in [-0.2, -0.15) is 0 Å². The first kappa shape index (κ1) is 9.47. The van der Waals surface area contributed by atoms with E-state index in [0.29, 0.717) is 12.1 Å². The first-order chi connectivity index (χ1) is 5.65. The third kappa shape index (κ3) is 1.95. The summed E-state index contributed by atoms with van der Waals surface area (Å²) in [5.41, 5.74) is 6.53. The standard InChI is InChI=1S/C8H8INO2/c9-7-2-1-5(4-10)3-6(7)8(11)12/h1-3H,4,10H2,(H,11,12). The van der Waals surface area contributed by atoms with Crippen molar-refractivity contribution in [3.63, 3.8) is 0 Å². The summed E-state index contributed by atoms with van der Waals surface area (Å²) in [6.07, 6.45) is 0. The Morgan fingerprint density at radius 1 is 1.58 bits per heavy atom. The summed E-state index contributed by atoms with van der Waals surface area (Å²) in [6.45, 7) is 0.372. The van der Waals surface area contributed by atoms with Crippen LogP contribution in [0.25, 0.3) is 0 Å². The summed E-state index contributed by atoms with van der Waals surface area (Å²) in [4.78, 5) is 10.6. The maximum atomic E-state index is 10.6. The minimum Gasteiger partial charge on any atom is -0.478 e. The number of rotatable bonds is 2. The van der Waals surface area contributed by atoms with Gasteiger partial charge in [-0.05, 0) is 40.3 Å². The average Bonchev–Trinajstić information content (AvgIpc) is 2.05. The van der Waals surface area contributed by atoms with Crippen molar-refractivity contribution in [2.75, 3.05) is 0 Å². The van der Waals surface area contributed by atoms with Crippen molar-refractivity contribution in [2.45, 2.75) is 6.54 Å². The van der Waals surface area contributed by atoms with Crippen LogP contribution in [-0.4, -0.2) is 11.1 Å². The highest BCUT2D eigenvalue weighted by Gasteiger charge is 2.07. The highest BCUT2D eigenvalue weighted by molar-refractivity contribution is 14.1. The molecular weight excluding hydrogens is 269 g/mol. The van der Waals surface area contributed by atoms with Gasteiger partial charge in [0.1, 0.15) is 0 Å². The first-order valence-corrected chi connectivity index (χ1v) is 4.45. The molecular formula is C8H8INO2. The Hall–Kier alpha value is -0.620. The summed E-state index contributed by atoms with van der Waals surface area (Å²) >= 11 is 1.99. The van der Waals surface area contributed by atoms with Crippen molar-refractivity contribution in [3.8, 4) is 0 Å². The second-order valence-electron chi connectivity index (χ2n) is 2.32. The van der Waals surface area contributed by atoms with Crippen LogP contribution < -0.4 is 5.73 Å². The molecule has 4 heteroatoms. The van der Waals surface area contributed by atoms with Crippen LogP contribution in [0.1, 0.15) is 15.9 Å². The Morgan fingerprint density at radius 2 is 2.25 bits per heavy atom. The van der Waals surface area contributed by atoms with Gasteiger partial charge >= 0.3 is 5.97 Å². The lowest BCUT2D eigenvalue weighted by molar-refractivity contribution is 0.0695. The third-order valence-electron chi connectivity index (χ3n) is 1.50. The molecule has 0 radical (unpaired) electrons. The van der Waals surface area contributed by atoms with Crippen LogP contribution in [0.15, 0.2) is 18.2 Å². The van der Waals surface area contributed by atoms with Gasteiger partial charge in [0.15, 0.2) is 0 Å². The van der Waals surface area contributed by atoms with E-state index in [1.807, 2.05) is 28.7 Å². The Bertz CT molecular complexity index is 312. The molecule has 0 spiro atoms. The van der Waals surface area contributed by atoms with Crippen molar-refractivity contribution < 1.29 is 9.90 Å². The molecule has 3 N–H and O–H groups in total. The number of hydrogen-bond acceptors (Lipinski definition) is 2. The number of aromatic carboxylic acids is 1. The number of hydrogen-bond donors (Lipinski definition) is 2. The molecule has 0 bridgehead atoms. The predicted molar refractivity (Wildman–Crippen MR) is 54.0 cm³/mol. The van der Waals surface area contributed by atoms with Gasteiger partial charge in [0.25, 0.3) is 0 Å². The van der Waals surface area contributed by atoms with Gasteiger partial charge in [0, 0.05) is 10.1 Å². The molecule has 1 rings (SSSR count). The molecule has 0 aliphatic heterocycles. The smallest absolute Gasteiger partial charge is 0.336 e. The van der Waals surface area contributed by atoms with E-state index in [4.69, 9.17) is 10.8 Å². The zero-order chi connectivity index (χ0) is 9.14. The number of halogens is 1. The fourth-order valence-electron chi connectivity index (χ4n) is 0.863. The minimum atomic E-state index is -0.908. The molecule has 0 aliphatic rings. The fraction of sp³-hybridized carbons (Fsp3) is 0.125. The van der Waals surface area contributed by atoms with E-state index in [-0.39, 0.29) is 0 Å². The van der Waals surface area contributed by atoms with Crippen molar-refractivity contribution in [3.05, 3.63) is 32.9 Å². The van der Waals surface area contributed by atoms with Crippen molar-refractivity contribution in [1.82, 2.24) is 0 Å². The normalized spacial score (nSPS) is 9.83. The molecule has 0 aliphatic carbocycles. The second kappa shape index (κ2) is 3.86. The molecule has 0 saturated heterocycles. The van der Waals surface area contributed by atoms with Gasteiger partial charge in [-0.25, -0.2) is 4.79 Å². The third-order valence-corrected chi connectivity index (χ3v) is 2.44. The average molecular weight is 277 g/mol. The SMILES string of the molecule is NCc1ccc(I)c(C(=O)O)c1. The first-order valence-electron chi connectivity index (χ1n) is 3.37. The van der Waals surface area contributed by atoms with Crippen LogP contribution >= 0.6 is 22.6 Å². The lowest BCUT2D eigenvalue weighted by atomic mass is 10.1. The lowest BCUT2D eigenvalue weighted by Gasteiger charge is -2.01. The number of nitrogens with two attached hydrogens (primary N) is 1. The van der Waals surface area contributed by atoms with Crippen molar-refractivity contribution in [1.29, 1.82) is 0 Å². The molecule has 1 aromatic rings. The quantitative estimate of drug-likeness (QED) is 0.804. The van der Waals surface area contributed by atoms with Gasteiger partial charge in [-0.15, -0.1) is 0 Å². The topological polar surface area (TPSA) is 63.3 Å². The highest BCUT2D eigenvalue weighted by atomic mass is 127. The summed E-state index contributed by atoms with van der Waals surface area (Å²) < 4.78 is 0.734. The second-order valence-corrected chi connectivity index (χ2v) is 3.49. The van der Waals surface area contributed by atoms with Crippen molar-refractivity contribution in [2.24, 2.45) is 5.73 Å². The van der Waals surface area contributed by atoms with Crippen LogP contribution in [0.4, 0.5) is 0 Å². The molecule has 0 aromatic heterocycles. The summed E-state index contributed by atoms with van der Waals surface area (Å²) in [7, 11) is 0. The molecule has 0 unspecified atom stereocenters. The van der Waals surface area contributed by atoms with E-state index in [1.165, 1.54) is 0 Å². The lowest BCUT2D eigenvalue weighted by Crippen LogP contribution is -2.03. The van der Waals surface area contributed by atoms with Gasteiger partial charge in [-0.3, -0.25) is 0 Å². The molecule has 3 nitrogen and oxygen atoms in total. The zero-order valence-electron chi connectivity index (χ0n) is 6.25. The molecule has 0 amide bonds. The Balaban J connectivity index is 3.17. The van der Waals surface area contributed by atoms with Gasteiger partial charge in [0.05, 0.1) is 5.56 Å². The van der Waals surface area contributed by atoms with Gasteiger partial charge < -0.3 is 10.8 Å². The van der Waals surface area contributed by atoms with Crippen LogP contribution in [0.2, 0.25) is 0 Å². The molecule has 0 atom stereocenters. The maximum absolute atomic E-state index is 10.6. The van der Waals surface area contributed by atoms with Crippen LogP contribution in [-0.2, 0) is 6.54 Å². The minimum absolute atomic E-state index is 0.318. The Kier molecular flexibility index (Phi) is 3.05. The van der Waals surface area contributed by atoms with E-state index >= 15 is 0 Å². The van der Waals surface area contributed by atoms with Crippen LogP contribution in [0.5, 0.6) is 0 Å². The summed E-state index contributed by atoms with van der Waals surface area (Å²) in [5.74, 6) is -0.908. The van der Waals surface area contributed by atoms with E-state index in [9.17, 15) is 4.79 Å². The summed E-state index contributed by atoms with van der Waals surface area (Å²) in [6, 6.07) is 5.19. The van der Waals surface area contributed by atoms with Crippen LogP contribution in [0, 0.1) is 3.57 Å². The molecule has 0 heterocycles. The maximum Gasteiger partial charge on any atom is 0.336 e. The largest absolute Gasteiger partial charge is 0.478 e. The number of carboxylic acids is 1. The molecule has 1 aromatic carbocycles.